The number of nitrogens with one attached hydrogen (secondary N) is 2. The molecule has 1 aliphatic heterocycles. The third-order valence-electron chi connectivity index (χ3n) is 3.53. The van der Waals surface area contributed by atoms with E-state index < -0.39 is 0 Å². The Morgan fingerprint density at radius 2 is 2.24 bits per heavy atom. The highest BCUT2D eigenvalue weighted by Gasteiger charge is 2.22. The van der Waals surface area contributed by atoms with Crippen LogP contribution in [0.4, 0.5) is 0 Å². The van der Waals surface area contributed by atoms with Gasteiger partial charge in [0.05, 0.1) is 17.5 Å². The molecule has 0 spiro atoms. The number of rotatable bonds is 5. The monoisotopic (exact) mass is 376 g/mol. The molecule has 0 bridgehead atoms. The Morgan fingerprint density at radius 1 is 1.48 bits per heavy atom. The first-order valence-corrected chi connectivity index (χ1v) is 7.86. The summed E-state index contributed by atoms with van der Waals surface area (Å²) in [5, 5.41) is 6.45. The summed E-state index contributed by atoms with van der Waals surface area (Å²) in [6.07, 6.45) is 2.54. The van der Waals surface area contributed by atoms with Gasteiger partial charge in [-0.1, -0.05) is 12.1 Å². The van der Waals surface area contributed by atoms with Crippen LogP contribution in [0.15, 0.2) is 28.7 Å². The van der Waals surface area contributed by atoms with Crippen molar-refractivity contribution < 1.29 is 9.53 Å². The molecule has 1 aliphatic rings. The van der Waals surface area contributed by atoms with Gasteiger partial charge in [-0.05, 0) is 54.4 Å². The van der Waals surface area contributed by atoms with Crippen molar-refractivity contribution >= 4 is 34.2 Å². The van der Waals surface area contributed by atoms with E-state index in [-0.39, 0.29) is 24.4 Å². The van der Waals surface area contributed by atoms with Crippen LogP contribution in [0.25, 0.3) is 0 Å². The maximum absolute atomic E-state index is 11.9. The Kier molecular flexibility index (Phi) is 8.07. The van der Waals surface area contributed by atoms with E-state index in [4.69, 9.17) is 4.74 Å². The van der Waals surface area contributed by atoms with Gasteiger partial charge in [0.1, 0.15) is 5.75 Å². The standard InChI is InChI=1S/C15H21BrN2O2.ClH/c1-11-13(6-4-9-17-11)18-15(19)8-10-20-14-7-3-2-5-12(14)16;/h2-3,5,7,11,13,17H,4,6,8-10H2,1H3,(H,18,19);1H. The number of hydrogen-bond donors (Lipinski definition) is 2. The molecular weight excluding hydrogens is 356 g/mol. The summed E-state index contributed by atoms with van der Waals surface area (Å²) in [5.41, 5.74) is 0. The number of piperidine rings is 1. The molecule has 0 radical (unpaired) electrons. The van der Waals surface area contributed by atoms with Crippen molar-refractivity contribution in [1.82, 2.24) is 10.6 Å². The Hall–Kier alpha value is -0.780. The Labute approximate surface area is 140 Å². The third kappa shape index (κ3) is 5.85. The topological polar surface area (TPSA) is 50.4 Å². The van der Waals surface area contributed by atoms with Gasteiger partial charge < -0.3 is 15.4 Å². The number of carbonyl (C=O) groups excluding carboxylic acids is 1. The number of para-hydroxylation sites is 1. The van der Waals surface area contributed by atoms with Gasteiger partial charge in [0.2, 0.25) is 5.91 Å². The Bertz CT molecular complexity index is 459. The van der Waals surface area contributed by atoms with Crippen LogP contribution in [0.1, 0.15) is 26.2 Å². The third-order valence-corrected chi connectivity index (χ3v) is 4.19. The maximum Gasteiger partial charge on any atom is 0.223 e. The molecule has 0 saturated carbocycles. The second kappa shape index (κ2) is 9.28. The minimum Gasteiger partial charge on any atom is -0.492 e. The molecule has 2 rings (SSSR count). The van der Waals surface area contributed by atoms with Gasteiger partial charge in [-0.25, -0.2) is 0 Å². The van der Waals surface area contributed by atoms with Crippen molar-refractivity contribution in [2.75, 3.05) is 13.2 Å². The molecule has 2 atom stereocenters. The highest BCUT2D eigenvalue weighted by molar-refractivity contribution is 9.10. The van der Waals surface area contributed by atoms with E-state index in [0.717, 1.165) is 29.6 Å². The van der Waals surface area contributed by atoms with Gasteiger partial charge in [-0.2, -0.15) is 0 Å². The summed E-state index contributed by atoms with van der Waals surface area (Å²) in [6, 6.07) is 8.23. The van der Waals surface area contributed by atoms with Gasteiger partial charge in [-0.3, -0.25) is 4.79 Å². The van der Waals surface area contributed by atoms with E-state index in [2.05, 4.69) is 33.5 Å². The van der Waals surface area contributed by atoms with E-state index in [1.807, 2.05) is 24.3 Å². The zero-order chi connectivity index (χ0) is 14.4. The van der Waals surface area contributed by atoms with Crippen LogP contribution < -0.4 is 15.4 Å². The minimum atomic E-state index is 0. The first-order chi connectivity index (χ1) is 9.66. The summed E-state index contributed by atoms with van der Waals surface area (Å²) in [6.45, 7) is 3.54. The molecule has 0 aliphatic carbocycles. The Morgan fingerprint density at radius 3 is 2.95 bits per heavy atom. The van der Waals surface area contributed by atoms with Crippen molar-refractivity contribution in [3.8, 4) is 5.75 Å². The van der Waals surface area contributed by atoms with E-state index in [1.54, 1.807) is 0 Å². The van der Waals surface area contributed by atoms with Crippen LogP contribution in [0.5, 0.6) is 5.75 Å². The number of amides is 1. The summed E-state index contributed by atoms with van der Waals surface area (Å²) in [4.78, 5) is 11.9. The average molecular weight is 378 g/mol. The minimum absolute atomic E-state index is 0. The number of ether oxygens (including phenoxy) is 1. The second-order valence-corrected chi connectivity index (χ2v) is 5.94. The average Bonchev–Trinajstić information content (AvgIpc) is 2.43. The highest BCUT2D eigenvalue weighted by Crippen LogP contribution is 2.23. The Balaban J connectivity index is 0.00000220. The predicted molar refractivity (Wildman–Crippen MR) is 90.1 cm³/mol. The molecule has 1 aromatic carbocycles. The van der Waals surface area contributed by atoms with E-state index in [1.165, 1.54) is 0 Å². The van der Waals surface area contributed by atoms with E-state index in [0.29, 0.717) is 19.1 Å². The lowest BCUT2D eigenvalue weighted by Gasteiger charge is -2.30. The molecule has 0 aromatic heterocycles. The normalized spacial score (nSPS) is 21.2. The van der Waals surface area contributed by atoms with Crippen LogP contribution >= 0.6 is 28.3 Å². The lowest BCUT2D eigenvalue weighted by atomic mass is 10.00. The van der Waals surface area contributed by atoms with E-state index in [9.17, 15) is 4.79 Å². The van der Waals surface area contributed by atoms with Gasteiger partial charge in [0.15, 0.2) is 0 Å². The molecule has 118 valence electrons. The number of hydrogen-bond acceptors (Lipinski definition) is 3. The smallest absolute Gasteiger partial charge is 0.223 e. The summed E-state index contributed by atoms with van der Waals surface area (Å²) < 4.78 is 6.51. The lowest BCUT2D eigenvalue weighted by molar-refractivity contribution is -0.122. The van der Waals surface area contributed by atoms with Crippen molar-refractivity contribution in [3.05, 3.63) is 28.7 Å². The van der Waals surface area contributed by atoms with Gasteiger partial charge in [0.25, 0.3) is 0 Å². The molecular formula is C15H22BrClN2O2. The predicted octanol–water partition coefficient (Wildman–Crippen LogP) is 2.90. The van der Waals surface area contributed by atoms with Crippen LogP contribution in [0, 0.1) is 0 Å². The highest BCUT2D eigenvalue weighted by atomic mass is 79.9. The summed E-state index contributed by atoms with van der Waals surface area (Å²) in [5.74, 6) is 0.825. The quantitative estimate of drug-likeness (QED) is 0.829. The van der Waals surface area contributed by atoms with Crippen molar-refractivity contribution in [1.29, 1.82) is 0 Å². The lowest BCUT2D eigenvalue weighted by Crippen LogP contribution is -2.52. The molecule has 1 amide bonds. The zero-order valence-electron chi connectivity index (χ0n) is 12.1. The first-order valence-electron chi connectivity index (χ1n) is 7.07. The van der Waals surface area contributed by atoms with Gasteiger partial charge in [0, 0.05) is 12.1 Å². The fraction of sp³-hybridized carbons (Fsp3) is 0.533. The summed E-state index contributed by atoms with van der Waals surface area (Å²) >= 11 is 3.42. The van der Waals surface area contributed by atoms with Gasteiger partial charge >= 0.3 is 0 Å². The SMILES string of the molecule is CC1NCCCC1NC(=O)CCOc1ccccc1Br.Cl. The molecule has 4 nitrogen and oxygen atoms in total. The van der Waals surface area contributed by atoms with Crippen LogP contribution in [-0.2, 0) is 4.79 Å². The fourth-order valence-electron chi connectivity index (χ4n) is 2.34. The molecule has 1 saturated heterocycles. The molecule has 1 fully saturated rings. The molecule has 21 heavy (non-hydrogen) atoms. The molecule has 2 N–H and O–H groups in total. The first kappa shape index (κ1) is 18.3. The van der Waals surface area contributed by atoms with E-state index >= 15 is 0 Å². The number of halogens is 2. The summed E-state index contributed by atoms with van der Waals surface area (Å²) in [7, 11) is 0. The largest absolute Gasteiger partial charge is 0.492 e. The van der Waals surface area contributed by atoms with Crippen molar-refractivity contribution in [2.24, 2.45) is 0 Å². The molecule has 1 heterocycles. The van der Waals surface area contributed by atoms with Crippen molar-refractivity contribution in [2.45, 2.75) is 38.3 Å². The van der Waals surface area contributed by atoms with Gasteiger partial charge in [-0.15, -0.1) is 12.4 Å². The number of carbonyl (C=O) groups is 1. The zero-order valence-corrected chi connectivity index (χ0v) is 14.5. The van der Waals surface area contributed by atoms with Crippen molar-refractivity contribution in [3.63, 3.8) is 0 Å². The second-order valence-electron chi connectivity index (χ2n) is 5.09. The molecule has 1 aromatic rings. The molecule has 6 heteroatoms. The van der Waals surface area contributed by atoms with Crippen LogP contribution in [0.2, 0.25) is 0 Å². The molecule has 2 unspecified atom stereocenters. The fourth-order valence-corrected chi connectivity index (χ4v) is 2.73. The van der Waals surface area contributed by atoms with Crippen LogP contribution in [-0.4, -0.2) is 31.1 Å². The number of benzene rings is 1. The maximum atomic E-state index is 11.9. The van der Waals surface area contributed by atoms with Crippen LogP contribution in [0.3, 0.4) is 0 Å².